The van der Waals surface area contributed by atoms with Gasteiger partial charge in [0.2, 0.25) is 0 Å². The van der Waals surface area contributed by atoms with Crippen LogP contribution in [0, 0.1) is 5.41 Å². The van der Waals surface area contributed by atoms with Gasteiger partial charge >= 0.3 is 0 Å². The Kier molecular flexibility index (Phi) is 4.81. The number of hydrogen-bond donors (Lipinski definition) is 1. The van der Waals surface area contributed by atoms with Gasteiger partial charge in [0.15, 0.2) is 0 Å². The molecule has 1 saturated carbocycles. The van der Waals surface area contributed by atoms with Gasteiger partial charge in [0.1, 0.15) is 0 Å². The monoisotopic (exact) mass is 226 g/mol. The molecule has 0 amide bonds. The zero-order chi connectivity index (χ0) is 12.2. The third-order valence-corrected chi connectivity index (χ3v) is 4.57. The van der Waals surface area contributed by atoms with Gasteiger partial charge in [-0.3, -0.25) is 4.90 Å². The molecule has 0 aromatic carbocycles. The van der Waals surface area contributed by atoms with Crippen molar-refractivity contribution in [2.24, 2.45) is 11.1 Å². The first-order valence-electron chi connectivity index (χ1n) is 6.87. The molecule has 1 aliphatic carbocycles. The lowest BCUT2D eigenvalue weighted by Gasteiger charge is -2.48. The predicted molar refractivity (Wildman–Crippen MR) is 71.6 cm³/mol. The lowest BCUT2D eigenvalue weighted by Crippen LogP contribution is -2.55. The molecule has 0 unspecified atom stereocenters. The third kappa shape index (κ3) is 3.21. The maximum atomic E-state index is 6.06. The average Bonchev–Trinajstić information content (AvgIpc) is 2.27. The highest BCUT2D eigenvalue weighted by Crippen LogP contribution is 2.42. The van der Waals surface area contributed by atoms with Gasteiger partial charge in [-0.2, -0.15) is 0 Å². The zero-order valence-electron chi connectivity index (χ0n) is 11.7. The van der Waals surface area contributed by atoms with Crippen LogP contribution < -0.4 is 5.73 Å². The summed E-state index contributed by atoms with van der Waals surface area (Å²) in [5.74, 6) is 0. The summed E-state index contributed by atoms with van der Waals surface area (Å²) >= 11 is 0. The second-order valence-electron chi connectivity index (χ2n) is 6.37. The number of likely N-dealkylation sites (N-methyl/N-ethyl adjacent to an activating group) is 1. The van der Waals surface area contributed by atoms with Crippen molar-refractivity contribution in [1.29, 1.82) is 0 Å². The van der Waals surface area contributed by atoms with E-state index in [4.69, 9.17) is 5.73 Å². The Morgan fingerprint density at radius 3 is 2.12 bits per heavy atom. The molecule has 1 aliphatic rings. The van der Waals surface area contributed by atoms with Crippen molar-refractivity contribution in [2.45, 2.75) is 64.8 Å². The highest BCUT2D eigenvalue weighted by molar-refractivity contribution is 4.96. The van der Waals surface area contributed by atoms with E-state index in [0.717, 1.165) is 6.54 Å². The van der Waals surface area contributed by atoms with E-state index in [1.807, 2.05) is 0 Å². The van der Waals surface area contributed by atoms with Crippen molar-refractivity contribution in [2.75, 3.05) is 20.1 Å². The first kappa shape index (κ1) is 14.0. The molecular formula is C14H30N2. The molecule has 0 aliphatic heterocycles. The van der Waals surface area contributed by atoms with Gasteiger partial charge in [0, 0.05) is 12.1 Å². The molecular weight excluding hydrogens is 196 g/mol. The molecule has 2 heteroatoms. The molecule has 1 fully saturated rings. The molecule has 2 N–H and O–H groups in total. The largest absolute Gasteiger partial charge is 0.329 e. The van der Waals surface area contributed by atoms with Gasteiger partial charge in [0.25, 0.3) is 0 Å². The molecule has 0 saturated heterocycles. The number of hydrogen-bond acceptors (Lipinski definition) is 2. The van der Waals surface area contributed by atoms with E-state index in [-0.39, 0.29) is 0 Å². The van der Waals surface area contributed by atoms with E-state index >= 15 is 0 Å². The van der Waals surface area contributed by atoms with Gasteiger partial charge in [-0.1, -0.05) is 27.2 Å². The first-order valence-corrected chi connectivity index (χ1v) is 6.87. The number of nitrogens with zero attached hydrogens (tertiary/aromatic N) is 1. The molecule has 0 bridgehead atoms. The topological polar surface area (TPSA) is 29.3 Å². The van der Waals surface area contributed by atoms with E-state index in [9.17, 15) is 0 Å². The Morgan fingerprint density at radius 2 is 1.69 bits per heavy atom. The summed E-state index contributed by atoms with van der Waals surface area (Å²) in [6, 6.07) is 0. The van der Waals surface area contributed by atoms with Crippen molar-refractivity contribution in [3.8, 4) is 0 Å². The van der Waals surface area contributed by atoms with Crippen molar-refractivity contribution < 1.29 is 0 Å². The van der Waals surface area contributed by atoms with Crippen LogP contribution in [-0.2, 0) is 0 Å². The number of nitrogens with two attached hydrogens (primary N) is 1. The summed E-state index contributed by atoms with van der Waals surface area (Å²) in [7, 11) is 2.26. The summed E-state index contributed by atoms with van der Waals surface area (Å²) in [6.45, 7) is 9.06. The standard InChI is InChI=1S/C14H30N2/c1-5-6-11-16(4)14(12-15)9-7-13(2,3)8-10-14/h5-12,15H2,1-4H3. The van der Waals surface area contributed by atoms with E-state index in [0.29, 0.717) is 11.0 Å². The van der Waals surface area contributed by atoms with Crippen LogP contribution in [0.5, 0.6) is 0 Å². The number of unbranched alkanes of at least 4 members (excludes halogenated alkanes) is 1. The van der Waals surface area contributed by atoms with Gasteiger partial charge in [0.05, 0.1) is 0 Å². The normalized spacial score (nSPS) is 23.6. The maximum absolute atomic E-state index is 6.06. The Morgan fingerprint density at radius 1 is 1.12 bits per heavy atom. The summed E-state index contributed by atoms with van der Waals surface area (Å²) in [5.41, 5.74) is 6.89. The lowest BCUT2D eigenvalue weighted by molar-refractivity contribution is 0.0409. The number of rotatable bonds is 5. The van der Waals surface area contributed by atoms with Crippen LogP contribution in [0.25, 0.3) is 0 Å². The Labute approximate surface area is 102 Å². The Hall–Kier alpha value is -0.0800. The van der Waals surface area contributed by atoms with Crippen LogP contribution in [0.3, 0.4) is 0 Å². The SMILES string of the molecule is CCCCN(C)C1(CN)CCC(C)(C)CC1. The molecule has 96 valence electrons. The Bertz CT molecular complexity index is 201. The van der Waals surface area contributed by atoms with Crippen LogP contribution in [0.4, 0.5) is 0 Å². The van der Waals surface area contributed by atoms with Crippen molar-refractivity contribution in [3.05, 3.63) is 0 Å². The zero-order valence-corrected chi connectivity index (χ0v) is 11.7. The van der Waals surface area contributed by atoms with Crippen LogP contribution in [0.1, 0.15) is 59.3 Å². The molecule has 0 atom stereocenters. The van der Waals surface area contributed by atoms with Gasteiger partial charge in [-0.25, -0.2) is 0 Å². The minimum absolute atomic E-state index is 0.296. The summed E-state index contributed by atoms with van der Waals surface area (Å²) in [5, 5.41) is 0. The maximum Gasteiger partial charge on any atom is 0.0329 e. The predicted octanol–water partition coefficient (Wildman–Crippen LogP) is 3.02. The lowest BCUT2D eigenvalue weighted by atomic mass is 9.69. The van der Waals surface area contributed by atoms with E-state index in [2.05, 4.69) is 32.7 Å². The molecule has 0 radical (unpaired) electrons. The minimum atomic E-state index is 0.296. The molecule has 0 aromatic heterocycles. The highest BCUT2D eigenvalue weighted by Gasteiger charge is 2.39. The second-order valence-corrected chi connectivity index (χ2v) is 6.37. The average molecular weight is 226 g/mol. The fraction of sp³-hybridized carbons (Fsp3) is 1.00. The van der Waals surface area contributed by atoms with Crippen molar-refractivity contribution in [3.63, 3.8) is 0 Å². The summed E-state index contributed by atoms with van der Waals surface area (Å²) < 4.78 is 0. The van der Waals surface area contributed by atoms with Crippen molar-refractivity contribution >= 4 is 0 Å². The molecule has 0 heterocycles. The fourth-order valence-electron chi connectivity index (χ4n) is 2.77. The first-order chi connectivity index (χ1) is 7.46. The smallest absolute Gasteiger partial charge is 0.0329 e. The van der Waals surface area contributed by atoms with E-state index < -0.39 is 0 Å². The molecule has 1 rings (SSSR count). The third-order valence-electron chi connectivity index (χ3n) is 4.57. The summed E-state index contributed by atoms with van der Waals surface area (Å²) in [4.78, 5) is 2.53. The van der Waals surface area contributed by atoms with Crippen LogP contribution in [0.15, 0.2) is 0 Å². The van der Waals surface area contributed by atoms with Crippen LogP contribution in [0.2, 0.25) is 0 Å². The summed E-state index contributed by atoms with van der Waals surface area (Å²) in [6.07, 6.45) is 7.76. The molecule has 2 nitrogen and oxygen atoms in total. The molecule has 16 heavy (non-hydrogen) atoms. The fourth-order valence-corrected chi connectivity index (χ4v) is 2.77. The van der Waals surface area contributed by atoms with Crippen molar-refractivity contribution in [1.82, 2.24) is 4.90 Å². The minimum Gasteiger partial charge on any atom is -0.329 e. The molecule has 0 spiro atoms. The second kappa shape index (κ2) is 5.50. The quantitative estimate of drug-likeness (QED) is 0.781. The van der Waals surface area contributed by atoms with Crippen LogP contribution in [-0.4, -0.2) is 30.6 Å². The molecule has 0 aromatic rings. The van der Waals surface area contributed by atoms with Crippen LogP contribution >= 0.6 is 0 Å². The van der Waals surface area contributed by atoms with E-state index in [1.165, 1.54) is 45.1 Å². The van der Waals surface area contributed by atoms with E-state index in [1.54, 1.807) is 0 Å². The Balaban J connectivity index is 2.58. The van der Waals surface area contributed by atoms with Gasteiger partial charge < -0.3 is 5.73 Å². The highest BCUT2D eigenvalue weighted by atomic mass is 15.2. The van der Waals surface area contributed by atoms with Gasteiger partial charge in [-0.05, 0) is 51.1 Å². The van der Waals surface area contributed by atoms with Gasteiger partial charge in [-0.15, -0.1) is 0 Å².